The number of fused-ring (bicyclic) bond motifs is 2. The van der Waals surface area contributed by atoms with Gasteiger partial charge in [-0.25, -0.2) is 4.90 Å². The molecule has 0 aliphatic carbocycles. The fourth-order valence-corrected chi connectivity index (χ4v) is 7.92. The van der Waals surface area contributed by atoms with Crippen LogP contribution in [0.2, 0.25) is 0 Å². The van der Waals surface area contributed by atoms with Crippen LogP contribution in [-0.4, -0.2) is 34.6 Å². The molecule has 1 saturated heterocycles. The fourth-order valence-electron chi connectivity index (χ4n) is 5.14. The summed E-state index contributed by atoms with van der Waals surface area (Å²) in [5, 5.41) is 2.13. The number of H-pyrrole nitrogens is 1. The average Bonchev–Trinajstić information content (AvgIpc) is 3.46. The van der Waals surface area contributed by atoms with Gasteiger partial charge in [0.05, 0.1) is 22.2 Å². The van der Waals surface area contributed by atoms with Crippen LogP contribution in [0.25, 0.3) is 0 Å². The molecule has 8 nitrogen and oxygen atoms in total. The Morgan fingerprint density at radius 2 is 1.74 bits per heavy atom. The van der Waals surface area contributed by atoms with Gasteiger partial charge in [0.25, 0.3) is 5.91 Å². The summed E-state index contributed by atoms with van der Waals surface area (Å²) >= 11 is 5.49. The zero-order valence-electron chi connectivity index (χ0n) is 21.7. The van der Waals surface area contributed by atoms with Crippen molar-refractivity contribution in [1.29, 1.82) is 0 Å². The number of halogens is 4. The van der Waals surface area contributed by atoms with Crippen LogP contribution < -0.4 is 19.8 Å². The lowest BCUT2D eigenvalue weighted by molar-refractivity contribution is -0.137. The minimum Gasteiger partial charge on any atom is -0.484 e. The summed E-state index contributed by atoms with van der Waals surface area (Å²) in [5.74, 6) is -2.65. The third-order valence-corrected chi connectivity index (χ3v) is 9.90. The number of hydrogen-bond acceptors (Lipinski definition) is 7. The molecule has 0 bridgehead atoms. The number of carbonyl (C=O) groups excluding carboxylic acids is 3. The van der Waals surface area contributed by atoms with Gasteiger partial charge in [0.2, 0.25) is 11.8 Å². The predicted molar refractivity (Wildman–Crippen MR) is 159 cm³/mol. The first kappa shape index (κ1) is 29.2. The summed E-state index contributed by atoms with van der Waals surface area (Å²) in [6.45, 7) is -0.496. The number of thioether (sulfide) groups is 1. The number of amides is 3. The van der Waals surface area contributed by atoms with E-state index in [4.69, 9.17) is 4.74 Å². The van der Waals surface area contributed by atoms with Crippen molar-refractivity contribution in [2.24, 2.45) is 5.92 Å². The van der Waals surface area contributed by atoms with E-state index in [0.717, 1.165) is 39.7 Å². The Morgan fingerprint density at radius 3 is 2.49 bits per heavy atom. The van der Waals surface area contributed by atoms with Crippen molar-refractivity contribution >= 4 is 68.1 Å². The number of aromatic nitrogens is 1. The van der Waals surface area contributed by atoms with Gasteiger partial charge in [-0.15, -0.1) is 0 Å². The fraction of sp³-hybridized carbons (Fsp3) is 0.172. The number of nitrogens with zero attached hydrogens (tertiary/aromatic N) is 1. The first-order chi connectivity index (χ1) is 20.5. The van der Waals surface area contributed by atoms with Crippen molar-refractivity contribution in [3.63, 3.8) is 0 Å². The van der Waals surface area contributed by atoms with Gasteiger partial charge in [0, 0.05) is 21.0 Å². The highest BCUT2D eigenvalue weighted by atomic mass is 79.9. The molecule has 1 fully saturated rings. The molecule has 43 heavy (non-hydrogen) atoms. The predicted octanol–water partition coefficient (Wildman–Crippen LogP) is 6.03. The molecule has 2 N–H and O–H groups in total. The highest BCUT2D eigenvalue weighted by Gasteiger charge is 2.56. The van der Waals surface area contributed by atoms with E-state index < -0.39 is 47.2 Å². The van der Waals surface area contributed by atoms with Crippen LogP contribution >= 0.6 is 39.0 Å². The van der Waals surface area contributed by atoms with Crippen molar-refractivity contribution in [2.45, 2.75) is 22.4 Å². The SMILES string of the molecule is O=C(COc1cccc([C@H]2c3sc(=O)[nH]c3SC3C(=O)N(c4ccc(Br)cc4)C(=O)C32)c1)Nc1cccc(C(F)(F)F)c1. The number of alkyl halides is 3. The number of benzene rings is 3. The quantitative estimate of drug-likeness (QED) is 0.240. The van der Waals surface area contributed by atoms with E-state index in [1.54, 1.807) is 48.5 Å². The molecule has 2 unspecified atom stereocenters. The second-order valence-electron chi connectivity index (χ2n) is 9.73. The molecule has 3 aromatic carbocycles. The van der Waals surface area contributed by atoms with E-state index in [0.29, 0.717) is 21.2 Å². The Hall–Kier alpha value is -3.88. The lowest BCUT2D eigenvalue weighted by Gasteiger charge is -2.30. The van der Waals surface area contributed by atoms with Crippen LogP contribution in [0.5, 0.6) is 5.75 Å². The second-order valence-corrected chi connectivity index (χ2v) is 12.8. The molecule has 0 saturated carbocycles. The summed E-state index contributed by atoms with van der Waals surface area (Å²) in [6.07, 6.45) is -4.55. The normalized spacial score (nSPS) is 19.6. The monoisotopic (exact) mass is 689 g/mol. The summed E-state index contributed by atoms with van der Waals surface area (Å²) < 4.78 is 45.5. The van der Waals surface area contributed by atoms with Gasteiger partial charge in [-0.1, -0.05) is 57.2 Å². The molecule has 6 rings (SSSR count). The van der Waals surface area contributed by atoms with E-state index in [-0.39, 0.29) is 22.2 Å². The second kappa shape index (κ2) is 11.3. The van der Waals surface area contributed by atoms with E-state index >= 15 is 0 Å². The highest BCUT2D eigenvalue weighted by Crippen LogP contribution is 2.53. The molecular formula is C29H19BrF3N3O5S2. The van der Waals surface area contributed by atoms with E-state index in [1.807, 2.05) is 0 Å². The van der Waals surface area contributed by atoms with Crippen LogP contribution in [-0.2, 0) is 20.6 Å². The van der Waals surface area contributed by atoms with Crippen LogP contribution in [0, 0.1) is 5.92 Å². The number of ether oxygens (including phenoxy) is 1. The highest BCUT2D eigenvalue weighted by molar-refractivity contribution is 9.10. The van der Waals surface area contributed by atoms with Crippen LogP contribution in [0.15, 0.2) is 87.1 Å². The molecule has 3 atom stereocenters. The van der Waals surface area contributed by atoms with Crippen LogP contribution in [0.3, 0.4) is 0 Å². The minimum absolute atomic E-state index is 0.0300. The van der Waals surface area contributed by atoms with Crippen LogP contribution in [0.1, 0.15) is 21.9 Å². The smallest absolute Gasteiger partial charge is 0.416 e. The van der Waals surface area contributed by atoms with Gasteiger partial charge in [0.15, 0.2) is 6.61 Å². The first-order valence-electron chi connectivity index (χ1n) is 12.7. The number of carbonyl (C=O) groups is 3. The topological polar surface area (TPSA) is 109 Å². The molecule has 4 aromatic rings. The maximum atomic E-state index is 13.8. The molecule has 0 spiro atoms. The molecule has 1 aromatic heterocycles. The number of nitrogens with one attached hydrogen (secondary N) is 2. The lowest BCUT2D eigenvalue weighted by Crippen LogP contribution is -2.32. The largest absolute Gasteiger partial charge is 0.484 e. The van der Waals surface area contributed by atoms with Crippen molar-refractivity contribution in [2.75, 3.05) is 16.8 Å². The molecule has 3 amide bonds. The van der Waals surface area contributed by atoms with Gasteiger partial charge in [-0.05, 0) is 60.2 Å². The standard InChI is InChI=1S/C29H19BrF3N3O5S2/c30-16-7-9-18(10-8-16)36-26(38)22-21(23-25(35-28(40)43-23)42-24(22)27(36)39)14-3-1-6-19(11-14)41-13-20(37)34-17-5-2-4-15(12-17)29(31,32)33/h1-12,21-22,24H,13H2,(H,34,37)(H,35,40)/t21-,22?,24?/m1/s1. The van der Waals surface area contributed by atoms with E-state index in [9.17, 15) is 32.3 Å². The van der Waals surface area contributed by atoms with Gasteiger partial charge >= 0.3 is 11.0 Å². The Morgan fingerprint density at radius 1 is 1.00 bits per heavy atom. The third kappa shape index (κ3) is 5.74. The number of aromatic amines is 1. The number of imide groups is 1. The average molecular weight is 691 g/mol. The molecule has 220 valence electrons. The van der Waals surface area contributed by atoms with Gasteiger partial charge in [-0.2, -0.15) is 13.2 Å². The van der Waals surface area contributed by atoms with Crippen LogP contribution in [0.4, 0.5) is 24.5 Å². The van der Waals surface area contributed by atoms with E-state index in [1.165, 1.54) is 17.0 Å². The van der Waals surface area contributed by atoms with Crippen molar-refractivity contribution in [3.8, 4) is 5.75 Å². The summed E-state index contributed by atoms with van der Waals surface area (Å²) in [4.78, 5) is 56.5. The summed E-state index contributed by atoms with van der Waals surface area (Å²) in [6, 6.07) is 17.7. The first-order valence-corrected chi connectivity index (χ1v) is 15.2. The molecule has 2 aliphatic heterocycles. The summed E-state index contributed by atoms with van der Waals surface area (Å²) in [5.41, 5.74) is 0.111. The Kier molecular flexibility index (Phi) is 7.69. The number of thiazole rings is 1. The molecule has 14 heteroatoms. The van der Waals surface area contributed by atoms with Crippen molar-refractivity contribution in [3.05, 3.63) is 103 Å². The molecular weight excluding hydrogens is 671 g/mol. The van der Waals surface area contributed by atoms with Gasteiger partial charge < -0.3 is 15.0 Å². The molecule has 0 radical (unpaired) electrons. The Balaban J connectivity index is 1.25. The molecule has 2 aliphatic rings. The maximum Gasteiger partial charge on any atom is 0.416 e. The third-order valence-electron chi connectivity index (χ3n) is 6.97. The Bertz CT molecular complexity index is 1810. The van der Waals surface area contributed by atoms with Gasteiger partial charge in [-0.3, -0.25) is 19.2 Å². The number of anilines is 2. The maximum absolute atomic E-state index is 13.8. The summed E-state index contributed by atoms with van der Waals surface area (Å²) in [7, 11) is 0. The van der Waals surface area contributed by atoms with Crippen molar-refractivity contribution < 1.29 is 32.3 Å². The Labute approximate surface area is 258 Å². The van der Waals surface area contributed by atoms with Crippen molar-refractivity contribution in [1.82, 2.24) is 4.98 Å². The number of rotatable bonds is 6. The van der Waals surface area contributed by atoms with E-state index in [2.05, 4.69) is 26.2 Å². The lowest BCUT2D eigenvalue weighted by atomic mass is 9.83. The molecule has 3 heterocycles. The zero-order chi connectivity index (χ0) is 30.5. The zero-order valence-corrected chi connectivity index (χ0v) is 24.9. The number of hydrogen-bond donors (Lipinski definition) is 2. The minimum atomic E-state index is -4.55. The van der Waals surface area contributed by atoms with Gasteiger partial charge in [0.1, 0.15) is 11.0 Å².